The van der Waals surface area contributed by atoms with Crippen molar-refractivity contribution < 1.29 is 14.3 Å². The second-order valence-corrected chi connectivity index (χ2v) is 6.42. The van der Waals surface area contributed by atoms with Crippen LogP contribution in [0, 0.1) is 0 Å². The Bertz CT molecular complexity index is 664. The lowest BCUT2D eigenvalue weighted by molar-refractivity contribution is -0.0787. The van der Waals surface area contributed by atoms with Gasteiger partial charge in [0, 0.05) is 18.1 Å². The first-order chi connectivity index (χ1) is 11.3. The Hall–Kier alpha value is -1.99. The molecule has 4 rings (SSSR count). The van der Waals surface area contributed by atoms with E-state index in [1.54, 1.807) is 23.3 Å². The topological polar surface area (TPSA) is 64.6 Å². The Labute approximate surface area is 138 Å². The van der Waals surface area contributed by atoms with Gasteiger partial charge in [0.2, 0.25) is 0 Å². The van der Waals surface area contributed by atoms with Crippen molar-refractivity contribution in [3.63, 3.8) is 0 Å². The SMILES string of the molecule is O=C(c1cscn1)N1CCO[C@H]2[C@H](Oc3cccnc3)CC[C@@H]21. The molecule has 0 bridgehead atoms. The largest absolute Gasteiger partial charge is 0.486 e. The monoisotopic (exact) mass is 331 g/mol. The first-order valence-corrected chi connectivity index (χ1v) is 8.64. The number of hydrogen-bond donors (Lipinski definition) is 0. The molecule has 7 heteroatoms. The first-order valence-electron chi connectivity index (χ1n) is 7.70. The molecule has 6 nitrogen and oxygen atoms in total. The van der Waals surface area contributed by atoms with Gasteiger partial charge in [-0.15, -0.1) is 11.3 Å². The van der Waals surface area contributed by atoms with E-state index in [0.717, 1.165) is 18.6 Å². The van der Waals surface area contributed by atoms with Crippen molar-refractivity contribution in [2.75, 3.05) is 13.2 Å². The van der Waals surface area contributed by atoms with E-state index in [2.05, 4.69) is 9.97 Å². The number of hydrogen-bond acceptors (Lipinski definition) is 6. The molecule has 0 radical (unpaired) electrons. The summed E-state index contributed by atoms with van der Waals surface area (Å²) in [5.74, 6) is 0.733. The number of ether oxygens (including phenoxy) is 2. The van der Waals surface area contributed by atoms with E-state index in [-0.39, 0.29) is 24.2 Å². The maximum atomic E-state index is 12.6. The molecule has 3 atom stereocenters. The zero-order valence-corrected chi connectivity index (χ0v) is 13.3. The van der Waals surface area contributed by atoms with Crippen molar-refractivity contribution in [3.8, 4) is 5.75 Å². The minimum Gasteiger partial charge on any atom is -0.486 e. The van der Waals surface area contributed by atoms with Crippen LogP contribution in [0.4, 0.5) is 0 Å². The van der Waals surface area contributed by atoms with Gasteiger partial charge in [0.25, 0.3) is 5.91 Å². The van der Waals surface area contributed by atoms with Gasteiger partial charge in [-0.2, -0.15) is 0 Å². The van der Waals surface area contributed by atoms with Crippen LogP contribution in [0.2, 0.25) is 0 Å². The van der Waals surface area contributed by atoms with E-state index >= 15 is 0 Å². The number of carbonyl (C=O) groups is 1. The summed E-state index contributed by atoms with van der Waals surface area (Å²) in [6, 6.07) is 3.79. The second kappa shape index (κ2) is 6.25. The van der Waals surface area contributed by atoms with Crippen molar-refractivity contribution >= 4 is 17.2 Å². The standard InChI is InChI=1S/C16H17N3O3S/c20-16(12-9-23-10-18-12)19-6-7-21-15-13(19)3-4-14(15)22-11-2-1-5-17-8-11/h1-2,5,8-10,13-15H,3-4,6-7H2/t13-,14+,15+/m0/s1. The second-order valence-electron chi connectivity index (χ2n) is 5.70. The molecule has 120 valence electrons. The van der Waals surface area contributed by atoms with E-state index in [0.29, 0.717) is 18.8 Å². The lowest BCUT2D eigenvalue weighted by Crippen LogP contribution is -2.54. The number of morpholine rings is 1. The summed E-state index contributed by atoms with van der Waals surface area (Å²) < 4.78 is 12.0. The molecule has 0 spiro atoms. The van der Waals surface area contributed by atoms with Gasteiger partial charge in [-0.1, -0.05) is 0 Å². The van der Waals surface area contributed by atoms with Crippen LogP contribution in [-0.4, -0.2) is 52.2 Å². The maximum absolute atomic E-state index is 12.6. The van der Waals surface area contributed by atoms with Crippen molar-refractivity contribution in [2.24, 2.45) is 0 Å². The number of rotatable bonds is 3. The van der Waals surface area contributed by atoms with Crippen molar-refractivity contribution in [3.05, 3.63) is 41.1 Å². The normalized spacial score (nSPS) is 26.8. The predicted molar refractivity (Wildman–Crippen MR) is 84.6 cm³/mol. The Balaban J connectivity index is 1.49. The number of fused-ring (bicyclic) bond motifs is 1. The lowest BCUT2D eigenvalue weighted by Gasteiger charge is -2.38. The van der Waals surface area contributed by atoms with Crippen LogP contribution in [0.15, 0.2) is 35.4 Å². The number of amides is 1. The van der Waals surface area contributed by atoms with Crippen molar-refractivity contribution in [1.82, 2.24) is 14.9 Å². The number of nitrogens with zero attached hydrogens (tertiary/aromatic N) is 3. The summed E-state index contributed by atoms with van der Waals surface area (Å²) in [7, 11) is 0. The molecule has 1 saturated heterocycles. The molecule has 1 saturated carbocycles. The molecule has 1 aliphatic heterocycles. The van der Waals surface area contributed by atoms with Gasteiger partial charge in [0.05, 0.1) is 24.4 Å². The van der Waals surface area contributed by atoms with Crippen LogP contribution < -0.4 is 4.74 Å². The molecule has 0 unspecified atom stereocenters. The van der Waals surface area contributed by atoms with E-state index < -0.39 is 0 Å². The molecule has 1 amide bonds. The maximum Gasteiger partial charge on any atom is 0.273 e. The minimum atomic E-state index is -0.0912. The zero-order chi connectivity index (χ0) is 15.6. The molecular formula is C16H17N3O3S. The van der Waals surface area contributed by atoms with Gasteiger partial charge in [-0.25, -0.2) is 4.98 Å². The molecular weight excluding hydrogens is 314 g/mol. The zero-order valence-electron chi connectivity index (χ0n) is 12.5. The van der Waals surface area contributed by atoms with Crippen LogP contribution in [0.5, 0.6) is 5.75 Å². The highest BCUT2D eigenvalue weighted by atomic mass is 32.1. The van der Waals surface area contributed by atoms with Crippen LogP contribution in [0.1, 0.15) is 23.3 Å². The summed E-state index contributed by atoms with van der Waals surface area (Å²) in [5.41, 5.74) is 2.21. The first kappa shape index (κ1) is 14.6. The fourth-order valence-corrected chi connectivity index (χ4v) is 3.88. The summed E-state index contributed by atoms with van der Waals surface area (Å²) in [5, 5.41) is 1.80. The number of thiazole rings is 1. The highest BCUT2D eigenvalue weighted by Gasteiger charge is 2.46. The molecule has 2 fully saturated rings. The van der Waals surface area contributed by atoms with Crippen LogP contribution in [0.25, 0.3) is 0 Å². The van der Waals surface area contributed by atoms with E-state index in [4.69, 9.17) is 9.47 Å². The fourth-order valence-electron chi connectivity index (χ4n) is 3.35. The lowest BCUT2D eigenvalue weighted by atomic mass is 10.1. The molecule has 2 aromatic rings. The van der Waals surface area contributed by atoms with Gasteiger partial charge in [-0.05, 0) is 25.0 Å². The van der Waals surface area contributed by atoms with E-state index in [1.165, 1.54) is 11.3 Å². The van der Waals surface area contributed by atoms with Gasteiger partial charge in [0.15, 0.2) is 0 Å². The average Bonchev–Trinajstić information content (AvgIpc) is 3.25. The summed E-state index contributed by atoms with van der Waals surface area (Å²) in [4.78, 5) is 22.7. The van der Waals surface area contributed by atoms with Gasteiger partial charge >= 0.3 is 0 Å². The van der Waals surface area contributed by atoms with Crippen LogP contribution >= 0.6 is 11.3 Å². The molecule has 23 heavy (non-hydrogen) atoms. The smallest absolute Gasteiger partial charge is 0.273 e. The summed E-state index contributed by atoms with van der Waals surface area (Å²) >= 11 is 1.44. The van der Waals surface area contributed by atoms with Gasteiger partial charge < -0.3 is 14.4 Å². The Morgan fingerprint density at radius 1 is 1.43 bits per heavy atom. The molecule has 0 N–H and O–H groups in total. The van der Waals surface area contributed by atoms with Gasteiger partial charge in [-0.3, -0.25) is 9.78 Å². The number of pyridine rings is 1. The van der Waals surface area contributed by atoms with Crippen molar-refractivity contribution in [2.45, 2.75) is 31.1 Å². The number of carbonyl (C=O) groups excluding carboxylic acids is 1. The van der Waals surface area contributed by atoms with Gasteiger partial charge in [0.1, 0.15) is 23.7 Å². The third kappa shape index (κ3) is 2.82. The Morgan fingerprint density at radius 3 is 3.17 bits per heavy atom. The highest BCUT2D eigenvalue weighted by Crippen LogP contribution is 2.33. The van der Waals surface area contributed by atoms with E-state index in [9.17, 15) is 4.79 Å². The minimum absolute atomic E-state index is 0.00780. The van der Waals surface area contributed by atoms with E-state index in [1.807, 2.05) is 17.0 Å². The molecule has 0 aromatic carbocycles. The molecule has 2 aromatic heterocycles. The highest BCUT2D eigenvalue weighted by molar-refractivity contribution is 7.07. The van der Waals surface area contributed by atoms with Crippen LogP contribution in [0.3, 0.4) is 0 Å². The molecule has 3 heterocycles. The quantitative estimate of drug-likeness (QED) is 0.860. The Morgan fingerprint density at radius 2 is 2.39 bits per heavy atom. The fraction of sp³-hybridized carbons (Fsp3) is 0.438. The van der Waals surface area contributed by atoms with Crippen LogP contribution in [-0.2, 0) is 4.74 Å². The van der Waals surface area contributed by atoms with Crippen molar-refractivity contribution in [1.29, 1.82) is 0 Å². The third-order valence-electron chi connectivity index (χ3n) is 4.37. The average molecular weight is 331 g/mol. The number of aromatic nitrogens is 2. The molecule has 1 aliphatic carbocycles. The predicted octanol–water partition coefficient (Wildman–Crippen LogP) is 1.99. The summed E-state index contributed by atoms with van der Waals surface area (Å²) in [6.07, 6.45) is 5.03. The molecule has 2 aliphatic rings. The Kier molecular flexibility index (Phi) is 3.97. The summed E-state index contributed by atoms with van der Waals surface area (Å²) in [6.45, 7) is 1.14. The third-order valence-corrected chi connectivity index (χ3v) is 4.96.